The number of piperidine rings is 2. The molecule has 36 heavy (non-hydrogen) atoms. The third-order valence-electron chi connectivity index (χ3n) is 7.61. The predicted molar refractivity (Wildman–Crippen MR) is 136 cm³/mol. The Labute approximate surface area is 213 Å². The van der Waals surface area contributed by atoms with E-state index in [1.807, 2.05) is 4.90 Å². The minimum absolute atomic E-state index is 0.0120. The van der Waals surface area contributed by atoms with Crippen LogP contribution in [0.25, 0.3) is 0 Å². The number of benzene rings is 1. The van der Waals surface area contributed by atoms with E-state index in [1.54, 1.807) is 17.0 Å². The van der Waals surface area contributed by atoms with Gasteiger partial charge in [-0.3, -0.25) is 14.4 Å². The number of carbonyl (C=O) groups excluding carboxylic acids is 3. The van der Waals surface area contributed by atoms with Crippen LogP contribution >= 0.6 is 0 Å². The molecule has 0 aromatic heterocycles. The number of amides is 3. The Hall–Kier alpha value is -2.72. The first-order valence-corrected chi connectivity index (χ1v) is 14.3. The second kappa shape index (κ2) is 11.6. The number of hydrogen-bond acceptors (Lipinski definition) is 5. The molecule has 0 atom stereocenters. The van der Waals surface area contributed by atoms with Crippen LogP contribution in [-0.4, -0.2) is 86.1 Å². The molecule has 0 saturated carbocycles. The lowest BCUT2D eigenvalue weighted by atomic mass is 9.95. The first-order chi connectivity index (χ1) is 17.3. The highest BCUT2D eigenvalue weighted by atomic mass is 32.2. The fraction of sp³-hybridized carbons (Fsp3) is 0.577. The summed E-state index contributed by atoms with van der Waals surface area (Å²) in [5.74, 6) is 0.0879. The number of nitrogens with one attached hydrogen (secondary N) is 1. The Balaban J connectivity index is 1.29. The SMILES string of the molecule is C=CC(=O)NCC1CCN(S(=O)(=O)c2ccc(C(=O)N3CCC(C(=O)N4CCCC4)CC3)cc2)CC1. The minimum Gasteiger partial charge on any atom is -0.352 e. The fourth-order valence-electron chi connectivity index (χ4n) is 5.30. The van der Waals surface area contributed by atoms with E-state index in [0.29, 0.717) is 64.0 Å². The molecule has 4 rings (SSSR count). The zero-order valence-electron chi connectivity index (χ0n) is 20.7. The zero-order valence-corrected chi connectivity index (χ0v) is 21.5. The van der Waals surface area contributed by atoms with Gasteiger partial charge in [0, 0.05) is 57.3 Å². The van der Waals surface area contributed by atoms with Gasteiger partial charge in [0.25, 0.3) is 5.91 Å². The summed E-state index contributed by atoms with van der Waals surface area (Å²) in [6.45, 7) is 7.49. The molecular weight excluding hydrogens is 480 g/mol. The molecule has 0 unspecified atom stereocenters. The quantitative estimate of drug-likeness (QED) is 0.557. The van der Waals surface area contributed by atoms with Gasteiger partial charge >= 0.3 is 0 Å². The summed E-state index contributed by atoms with van der Waals surface area (Å²) in [5, 5.41) is 2.77. The van der Waals surface area contributed by atoms with Gasteiger partial charge in [-0.05, 0) is 74.8 Å². The van der Waals surface area contributed by atoms with E-state index in [1.165, 1.54) is 22.5 Å². The number of nitrogens with zero attached hydrogens (tertiary/aromatic N) is 3. The van der Waals surface area contributed by atoms with E-state index in [9.17, 15) is 22.8 Å². The Morgan fingerprint density at radius 3 is 2.08 bits per heavy atom. The molecular formula is C26H36N4O5S. The highest BCUT2D eigenvalue weighted by molar-refractivity contribution is 7.89. The first-order valence-electron chi connectivity index (χ1n) is 12.9. The van der Waals surface area contributed by atoms with Crippen LogP contribution in [0, 0.1) is 11.8 Å². The number of carbonyl (C=O) groups is 3. The van der Waals surface area contributed by atoms with E-state index in [0.717, 1.165) is 25.9 Å². The van der Waals surface area contributed by atoms with Crippen molar-refractivity contribution in [1.82, 2.24) is 19.4 Å². The summed E-state index contributed by atoms with van der Waals surface area (Å²) >= 11 is 0. The van der Waals surface area contributed by atoms with Gasteiger partial charge in [-0.15, -0.1) is 0 Å². The lowest BCUT2D eigenvalue weighted by Gasteiger charge is -2.33. The average Bonchev–Trinajstić information content (AvgIpc) is 3.46. The maximum Gasteiger partial charge on any atom is 0.253 e. The molecule has 1 N–H and O–H groups in total. The highest BCUT2D eigenvalue weighted by Crippen LogP contribution is 2.26. The van der Waals surface area contributed by atoms with Gasteiger partial charge in [-0.2, -0.15) is 4.31 Å². The maximum atomic E-state index is 13.1. The molecule has 3 heterocycles. The van der Waals surface area contributed by atoms with Crippen molar-refractivity contribution in [2.45, 2.75) is 43.4 Å². The predicted octanol–water partition coefficient (Wildman–Crippen LogP) is 1.86. The van der Waals surface area contributed by atoms with Gasteiger partial charge in [-0.25, -0.2) is 8.42 Å². The lowest BCUT2D eigenvalue weighted by molar-refractivity contribution is -0.135. The Morgan fingerprint density at radius 2 is 1.50 bits per heavy atom. The summed E-state index contributed by atoms with van der Waals surface area (Å²) in [7, 11) is -3.65. The van der Waals surface area contributed by atoms with Gasteiger partial charge in [0.1, 0.15) is 0 Å². The fourth-order valence-corrected chi connectivity index (χ4v) is 6.77. The number of sulfonamides is 1. The Morgan fingerprint density at radius 1 is 0.889 bits per heavy atom. The summed E-state index contributed by atoms with van der Waals surface area (Å²) in [6, 6.07) is 6.16. The van der Waals surface area contributed by atoms with Crippen molar-refractivity contribution in [3.8, 4) is 0 Å². The third kappa shape index (κ3) is 5.98. The molecule has 0 aliphatic carbocycles. The maximum absolute atomic E-state index is 13.1. The second-order valence-corrected chi connectivity index (χ2v) is 11.9. The monoisotopic (exact) mass is 516 g/mol. The molecule has 0 spiro atoms. The summed E-state index contributed by atoms with van der Waals surface area (Å²) in [6.07, 6.45) is 6.05. The Bertz CT molecular complexity index is 1070. The van der Waals surface area contributed by atoms with Crippen molar-refractivity contribution in [2.24, 2.45) is 11.8 Å². The van der Waals surface area contributed by atoms with E-state index in [2.05, 4.69) is 11.9 Å². The topological polar surface area (TPSA) is 107 Å². The van der Waals surface area contributed by atoms with Crippen LogP contribution < -0.4 is 5.32 Å². The van der Waals surface area contributed by atoms with Crippen molar-refractivity contribution in [3.63, 3.8) is 0 Å². The van der Waals surface area contributed by atoms with Crippen molar-refractivity contribution in [2.75, 3.05) is 45.8 Å². The Kier molecular flexibility index (Phi) is 8.46. The molecule has 10 heteroatoms. The van der Waals surface area contributed by atoms with Gasteiger partial charge in [0.05, 0.1) is 4.90 Å². The standard InChI is InChI=1S/C26H36N4O5S/c1-2-24(31)27-19-20-9-17-30(18-10-20)36(34,35)23-7-5-21(6-8-23)25(32)29-15-11-22(12-16-29)26(33)28-13-3-4-14-28/h2,5-8,20,22H,1,3-4,9-19H2,(H,27,31). The average molecular weight is 517 g/mol. The molecule has 3 amide bonds. The normalized spacial score (nSPS) is 20.3. The molecule has 0 radical (unpaired) electrons. The van der Waals surface area contributed by atoms with Crippen LogP contribution in [-0.2, 0) is 19.6 Å². The molecule has 3 saturated heterocycles. The number of likely N-dealkylation sites (tertiary alicyclic amines) is 2. The molecule has 1 aromatic rings. The molecule has 196 valence electrons. The molecule has 3 aliphatic heterocycles. The molecule has 1 aromatic carbocycles. The van der Waals surface area contributed by atoms with E-state index >= 15 is 0 Å². The highest BCUT2D eigenvalue weighted by Gasteiger charge is 2.32. The van der Waals surface area contributed by atoms with E-state index in [-0.39, 0.29) is 34.5 Å². The van der Waals surface area contributed by atoms with Crippen LogP contribution in [0.1, 0.15) is 48.9 Å². The van der Waals surface area contributed by atoms with Crippen LogP contribution in [0.5, 0.6) is 0 Å². The van der Waals surface area contributed by atoms with E-state index in [4.69, 9.17) is 0 Å². The van der Waals surface area contributed by atoms with Gasteiger partial charge < -0.3 is 15.1 Å². The largest absolute Gasteiger partial charge is 0.352 e. The number of rotatable bonds is 7. The van der Waals surface area contributed by atoms with Gasteiger partial charge in [0.2, 0.25) is 21.8 Å². The molecule has 3 fully saturated rings. The van der Waals surface area contributed by atoms with E-state index < -0.39 is 10.0 Å². The second-order valence-electron chi connectivity index (χ2n) is 9.92. The van der Waals surface area contributed by atoms with Crippen molar-refractivity contribution >= 4 is 27.7 Å². The summed E-state index contributed by atoms with van der Waals surface area (Å²) in [5.41, 5.74) is 0.454. The molecule has 9 nitrogen and oxygen atoms in total. The summed E-state index contributed by atoms with van der Waals surface area (Å²) in [4.78, 5) is 40.9. The lowest BCUT2D eigenvalue weighted by Crippen LogP contribution is -2.43. The van der Waals surface area contributed by atoms with Gasteiger partial charge in [0.15, 0.2) is 0 Å². The molecule has 3 aliphatic rings. The molecule has 0 bridgehead atoms. The van der Waals surface area contributed by atoms with Crippen molar-refractivity contribution < 1.29 is 22.8 Å². The van der Waals surface area contributed by atoms with Crippen molar-refractivity contribution in [1.29, 1.82) is 0 Å². The summed E-state index contributed by atoms with van der Waals surface area (Å²) < 4.78 is 27.7. The smallest absolute Gasteiger partial charge is 0.253 e. The van der Waals surface area contributed by atoms with Crippen LogP contribution in [0.4, 0.5) is 0 Å². The minimum atomic E-state index is -3.65. The van der Waals surface area contributed by atoms with Crippen LogP contribution in [0.3, 0.4) is 0 Å². The third-order valence-corrected chi connectivity index (χ3v) is 9.52. The van der Waals surface area contributed by atoms with Crippen LogP contribution in [0.2, 0.25) is 0 Å². The van der Waals surface area contributed by atoms with Crippen molar-refractivity contribution in [3.05, 3.63) is 42.5 Å². The van der Waals surface area contributed by atoms with Crippen LogP contribution in [0.15, 0.2) is 41.8 Å². The van der Waals surface area contributed by atoms with Gasteiger partial charge in [-0.1, -0.05) is 6.58 Å². The number of hydrogen-bond donors (Lipinski definition) is 1. The first kappa shape index (κ1) is 26.3. The zero-order chi connectivity index (χ0) is 25.7.